The van der Waals surface area contributed by atoms with Gasteiger partial charge in [0, 0.05) is 6.42 Å². The molecule has 0 saturated carbocycles. The van der Waals surface area contributed by atoms with Crippen molar-refractivity contribution in [1.82, 2.24) is 15.0 Å². The van der Waals surface area contributed by atoms with Crippen molar-refractivity contribution in [1.29, 1.82) is 0 Å². The van der Waals surface area contributed by atoms with Crippen LogP contribution in [0.1, 0.15) is 32.0 Å². The van der Waals surface area contributed by atoms with E-state index in [9.17, 15) is 9.50 Å². The van der Waals surface area contributed by atoms with Gasteiger partial charge in [-0.15, -0.1) is 5.10 Å². The molecule has 1 heterocycles. The highest BCUT2D eigenvalue weighted by atomic mass is 19.1. The molecule has 0 aliphatic rings. The van der Waals surface area contributed by atoms with Crippen LogP contribution in [0.5, 0.6) is 0 Å². The summed E-state index contributed by atoms with van der Waals surface area (Å²) in [6.07, 6.45) is 2.40. The van der Waals surface area contributed by atoms with Gasteiger partial charge in [0.15, 0.2) is 0 Å². The van der Waals surface area contributed by atoms with Crippen molar-refractivity contribution in [2.45, 2.75) is 39.7 Å². The molecule has 5 heteroatoms. The van der Waals surface area contributed by atoms with Gasteiger partial charge in [-0.25, -0.2) is 9.07 Å². The van der Waals surface area contributed by atoms with Crippen LogP contribution in [0.15, 0.2) is 24.4 Å². The number of aromatic nitrogens is 3. The Morgan fingerprint density at radius 3 is 2.70 bits per heavy atom. The fraction of sp³-hybridized carbons (Fsp3) is 0.467. The summed E-state index contributed by atoms with van der Waals surface area (Å²) in [6.45, 7) is 5.82. The summed E-state index contributed by atoms with van der Waals surface area (Å²) in [4.78, 5) is 0. The van der Waals surface area contributed by atoms with Crippen molar-refractivity contribution in [2.24, 2.45) is 5.92 Å². The molecule has 0 fully saturated rings. The average molecular weight is 277 g/mol. The van der Waals surface area contributed by atoms with E-state index in [1.165, 1.54) is 10.7 Å². The Morgan fingerprint density at radius 1 is 1.35 bits per heavy atom. The first-order chi connectivity index (χ1) is 9.51. The molecular weight excluding hydrogens is 257 g/mol. The molecule has 2 rings (SSSR count). The van der Waals surface area contributed by atoms with E-state index in [0.29, 0.717) is 29.8 Å². The highest BCUT2D eigenvalue weighted by Crippen LogP contribution is 2.15. The normalized spacial score (nSPS) is 12.9. The van der Waals surface area contributed by atoms with Crippen molar-refractivity contribution in [2.75, 3.05) is 0 Å². The standard InChI is InChI=1S/C15H20FN3O/c1-4-11-5-6-13(8-14(11)16)19-9-12(17-18-19)7-15(20)10(2)3/h5-6,8-10,15,20H,4,7H2,1-3H3. The maximum Gasteiger partial charge on any atom is 0.128 e. The van der Waals surface area contributed by atoms with Crippen LogP contribution in [0.2, 0.25) is 0 Å². The maximum atomic E-state index is 13.8. The van der Waals surface area contributed by atoms with Crippen molar-refractivity contribution >= 4 is 0 Å². The van der Waals surface area contributed by atoms with Crippen LogP contribution in [0.3, 0.4) is 0 Å². The zero-order valence-electron chi connectivity index (χ0n) is 12.0. The van der Waals surface area contributed by atoms with Crippen molar-refractivity contribution in [3.05, 3.63) is 41.5 Å². The second-order valence-corrected chi connectivity index (χ2v) is 5.30. The van der Waals surface area contributed by atoms with Crippen LogP contribution in [-0.2, 0) is 12.8 Å². The van der Waals surface area contributed by atoms with Gasteiger partial charge in [0.05, 0.1) is 23.7 Å². The highest BCUT2D eigenvalue weighted by Gasteiger charge is 2.13. The zero-order chi connectivity index (χ0) is 14.7. The fourth-order valence-corrected chi connectivity index (χ4v) is 1.93. The molecule has 0 bridgehead atoms. The van der Waals surface area contributed by atoms with E-state index in [4.69, 9.17) is 0 Å². The average Bonchev–Trinajstić information content (AvgIpc) is 2.87. The minimum atomic E-state index is -0.445. The predicted octanol–water partition coefficient (Wildman–Crippen LogP) is 2.53. The Hall–Kier alpha value is -1.75. The SMILES string of the molecule is CCc1ccc(-n2cc(CC(O)C(C)C)nn2)cc1F. The van der Waals surface area contributed by atoms with Crippen LogP contribution in [0.4, 0.5) is 4.39 Å². The first-order valence-electron chi connectivity index (χ1n) is 6.89. The molecule has 4 nitrogen and oxygen atoms in total. The minimum Gasteiger partial charge on any atom is -0.392 e. The van der Waals surface area contributed by atoms with E-state index < -0.39 is 6.10 Å². The molecule has 108 valence electrons. The molecule has 1 atom stereocenters. The number of benzene rings is 1. The van der Waals surface area contributed by atoms with Crippen molar-refractivity contribution < 1.29 is 9.50 Å². The molecule has 2 aromatic rings. The molecule has 20 heavy (non-hydrogen) atoms. The molecule has 1 aromatic carbocycles. The number of hydrogen-bond acceptors (Lipinski definition) is 3. The summed E-state index contributed by atoms with van der Waals surface area (Å²) in [5.74, 6) is -0.0642. The first kappa shape index (κ1) is 14.7. The Kier molecular flexibility index (Phi) is 4.49. The lowest BCUT2D eigenvalue weighted by molar-refractivity contribution is 0.124. The molecule has 1 unspecified atom stereocenters. The third kappa shape index (κ3) is 3.22. The molecule has 0 radical (unpaired) electrons. The molecule has 0 saturated heterocycles. The number of hydrogen-bond donors (Lipinski definition) is 1. The third-order valence-corrected chi connectivity index (χ3v) is 3.41. The second-order valence-electron chi connectivity index (χ2n) is 5.30. The van der Waals surface area contributed by atoms with E-state index in [1.54, 1.807) is 12.3 Å². The van der Waals surface area contributed by atoms with Gasteiger partial charge in [0.25, 0.3) is 0 Å². The molecular formula is C15H20FN3O. The zero-order valence-corrected chi connectivity index (χ0v) is 12.0. The predicted molar refractivity (Wildman–Crippen MR) is 75.2 cm³/mol. The Bertz CT molecular complexity index is 580. The Balaban J connectivity index is 2.18. The minimum absolute atomic E-state index is 0.168. The van der Waals surface area contributed by atoms with Gasteiger partial charge < -0.3 is 5.11 Å². The lowest BCUT2D eigenvalue weighted by Gasteiger charge is -2.11. The van der Waals surface area contributed by atoms with E-state index >= 15 is 0 Å². The molecule has 0 amide bonds. The molecule has 1 N–H and O–H groups in total. The van der Waals surface area contributed by atoms with Crippen molar-refractivity contribution in [3.8, 4) is 5.69 Å². The Labute approximate surface area is 118 Å². The summed E-state index contributed by atoms with van der Waals surface area (Å²) in [7, 11) is 0. The summed E-state index contributed by atoms with van der Waals surface area (Å²) in [6, 6.07) is 5.03. The number of rotatable bonds is 5. The first-order valence-corrected chi connectivity index (χ1v) is 6.89. The number of aryl methyl sites for hydroxylation is 1. The van der Waals surface area contributed by atoms with Gasteiger partial charge in [0.2, 0.25) is 0 Å². The molecule has 0 aliphatic heterocycles. The third-order valence-electron chi connectivity index (χ3n) is 3.41. The second kappa shape index (κ2) is 6.13. The van der Waals surface area contributed by atoms with Gasteiger partial charge >= 0.3 is 0 Å². The molecule has 0 spiro atoms. The van der Waals surface area contributed by atoms with E-state index in [2.05, 4.69) is 10.3 Å². The maximum absolute atomic E-state index is 13.8. The number of halogens is 1. The van der Waals surface area contributed by atoms with Gasteiger partial charge in [0.1, 0.15) is 5.82 Å². The van der Waals surface area contributed by atoms with Gasteiger partial charge in [-0.2, -0.15) is 0 Å². The summed E-state index contributed by atoms with van der Waals surface area (Å²) in [5, 5.41) is 17.8. The highest BCUT2D eigenvalue weighted by molar-refractivity contribution is 5.35. The van der Waals surface area contributed by atoms with Crippen LogP contribution >= 0.6 is 0 Å². The summed E-state index contributed by atoms with van der Waals surface area (Å²) >= 11 is 0. The number of aliphatic hydroxyl groups excluding tert-OH is 1. The van der Waals surface area contributed by atoms with E-state index in [1.807, 2.05) is 26.8 Å². The quantitative estimate of drug-likeness (QED) is 0.913. The summed E-state index contributed by atoms with van der Waals surface area (Å²) < 4.78 is 15.3. The van der Waals surface area contributed by atoms with Crippen LogP contribution in [0, 0.1) is 11.7 Å². The summed E-state index contributed by atoms with van der Waals surface area (Å²) in [5.41, 5.74) is 2.02. The Morgan fingerprint density at radius 2 is 2.10 bits per heavy atom. The van der Waals surface area contributed by atoms with Crippen LogP contribution < -0.4 is 0 Å². The van der Waals surface area contributed by atoms with Gasteiger partial charge in [-0.3, -0.25) is 0 Å². The lowest BCUT2D eigenvalue weighted by Crippen LogP contribution is -2.17. The van der Waals surface area contributed by atoms with E-state index in [-0.39, 0.29) is 11.7 Å². The van der Waals surface area contributed by atoms with E-state index in [0.717, 1.165) is 0 Å². The molecule has 1 aromatic heterocycles. The molecule has 0 aliphatic carbocycles. The number of nitrogens with zero attached hydrogens (tertiary/aromatic N) is 3. The number of aliphatic hydroxyl groups is 1. The van der Waals surface area contributed by atoms with Crippen LogP contribution in [0.25, 0.3) is 5.69 Å². The fourth-order valence-electron chi connectivity index (χ4n) is 1.93. The monoisotopic (exact) mass is 277 g/mol. The topological polar surface area (TPSA) is 50.9 Å². The van der Waals surface area contributed by atoms with Crippen LogP contribution in [-0.4, -0.2) is 26.2 Å². The largest absolute Gasteiger partial charge is 0.392 e. The van der Waals surface area contributed by atoms with Crippen molar-refractivity contribution in [3.63, 3.8) is 0 Å². The lowest BCUT2D eigenvalue weighted by atomic mass is 10.0. The van der Waals surface area contributed by atoms with Gasteiger partial charge in [-0.05, 0) is 30.0 Å². The smallest absolute Gasteiger partial charge is 0.128 e. The van der Waals surface area contributed by atoms with Gasteiger partial charge in [-0.1, -0.05) is 32.1 Å².